The summed E-state index contributed by atoms with van der Waals surface area (Å²) < 4.78 is 13.2. The van der Waals surface area contributed by atoms with Gasteiger partial charge in [-0.3, -0.25) is 4.79 Å². The van der Waals surface area contributed by atoms with Crippen LogP contribution in [0.2, 0.25) is 5.02 Å². The molecule has 0 bridgehead atoms. The summed E-state index contributed by atoms with van der Waals surface area (Å²) in [7, 11) is 0. The zero-order valence-corrected chi connectivity index (χ0v) is 11.4. The zero-order valence-electron chi connectivity index (χ0n) is 10.7. The molecule has 1 aliphatic rings. The van der Waals surface area contributed by atoms with Crippen molar-refractivity contribution in [3.05, 3.63) is 29.0 Å². The molecule has 1 amide bonds. The highest BCUT2D eigenvalue weighted by Gasteiger charge is 2.30. The highest BCUT2D eigenvalue weighted by molar-refractivity contribution is 6.33. The minimum Gasteiger partial charge on any atom is -0.330 e. The van der Waals surface area contributed by atoms with Gasteiger partial charge in [0.15, 0.2) is 0 Å². The molecule has 0 heterocycles. The van der Waals surface area contributed by atoms with Crippen molar-refractivity contribution in [2.75, 3.05) is 11.9 Å². The van der Waals surface area contributed by atoms with Crippen LogP contribution in [0.25, 0.3) is 0 Å². The van der Waals surface area contributed by atoms with Crippen molar-refractivity contribution in [3.8, 4) is 0 Å². The van der Waals surface area contributed by atoms with Crippen LogP contribution in [0.5, 0.6) is 0 Å². The number of rotatable bonds is 3. The first-order valence-corrected chi connectivity index (χ1v) is 6.95. The van der Waals surface area contributed by atoms with E-state index in [1.165, 1.54) is 18.2 Å². The topological polar surface area (TPSA) is 55.1 Å². The lowest BCUT2D eigenvalue weighted by atomic mass is 9.78. The highest BCUT2D eigenvalue weighted by atomic mass is 35.5. The van der Waals surface area contributed by atoms with Crippen LogP contribution in [-0.4, -0.2) is 12.5 Å². The molecule has 1 aromatic rings. The number of amides is 1. The molecule has 1 fully saturated rings. The number of hydrogen-bond donors (Lipinski definition) is 2. The fraction of sp³-hybridized carbons (Fsp3) is 0.500. The summed E-state index contributed by atoms with van der Waals surface area (Å²) in [5.74, 6) is -0.416. The lowest BCUT2D eigenvalue weighted by Gasteiger charge is -2.29. The summed E-state index contributed by atoms with van der Waals surface area (Å²) in [5.41, 5.74) is 6.04. The van der Waals surface area contributed by atoms with Crippen LogP contribution in [0.3, 0.4) is 0 Å². The minimum atomic E-state index is -0.418. The van der Waals surface area contributed by atoms with Gasteiger partial charge in [0.1, 0.15) is 5.82 Å². The first-order valence-electron chi connectivity index (χ1n) is 6.58. The summed E-state index contributed by atoms with van der Waals surface area (Å²) in [6.45, 7) is 0.509. The van der Waals surface area contributed by atoms with Gasteiger partial charge in [-0.2, -0.15) is 0 Å². The van der Waals surface area contributed by atoms with Gasteiger partial charge in [0.05, 0.1) is 10.7 Å². The van der Waals surface area contributed by atoms with Crippen LogP contribution < -0.4 is 11.1 Å². The second kappa shape index (κ2) is 6.35. The third-order valence-electron chi connectivity index (χ3n) is 3.73. The van der Waals surface area contributed by atoms with E-state index in [1.807, 2.05) is 0 Å². The third kappa shape index (κ3) is 3.45. The zero-order chi connectivity index (χ0) is 13.8. The van der Waals surface area contributed by atoms with Gasteiger partial charge in [0, 0.05) is 5.92 Å². The number of halogens is 2. The Hall–Kier alpha value is -1.13. The van der Waals surface area contributed by atoms with Gasteiger partial charge in [-0.15, -0.1) is 0 Å². The molecule has 2 rings (SSSR count). The number of carbonyl (C=O) groups is 1. The SMILES string of the molecule is NCC1CCCCC1C(=O)Nc1cc(F)ccc1Cl. The number of anilines is 1. The van der Waals surface area contributed by atoms with E-state index in [0.29, 0.717) is 17.3 Å². The Kier molecular flexibility index (Phi) is 4.77. The van der Waals surface area contributed by atoms with Crippen molar-refractivity contribution in [2.45, 2.75) is 25.7 Å². The van der Waals surface area contributed by atoms with Crippen LogP contribution in [0.15, 0.2) is 18.2 Å². The second-order valence-electron chi connectivity index (χ2n) is 5.00. The van der Waals surface area contributed by atoms with E-state index in [4.69, 9.17) is 17.3 Å². The molecule has 3 N–H and O–H groups in total. The molecule has 2 unspecified atom stereocenters. The third-order valence-corrected chi connectivity index (χ3v) is 4.06. The van der Waals surface area contributed by atoms with E-state index in [0.717, 1.165) is 25.7 Å². The molecular formula is C14H18ClFN2O. The van der Waals surface area contributed by atoms with E-state index in [-0.39, 0.29) is 17.7 Å². The minimum absolute atomic E-state index is 0.0990. The number of benzene rings is 1. The van der Waals surface area contributed by atoms with Gasteiger partial charge in [-0.25, -0.2) is 4.39 Å². The molecule has 0 saturated heterocycles. The van der Waals surface area contributed by atoms with Crippen LogP contribution in [0.4, 0.5) is 10.1 Å². The predicted molar refractivity (Wildman–Crippen MR) is 74.5 cm³/mol. The Morgan fingerprint density at radius 2 is 2.16 bits per heavy atom. The molecule has 19 heavy (non-hydrogen) atoms. The fourth-order valence-corrected chi connectivity index (χ4v) is 2.82. The average Bonchev–Trinajstić information content (AvgIpc) is 2.42. The Bertz CT molecular complexity index is 467. The summed E-state index contributed by atoms with van der Waals surface area (Å²) in [6.07, 6.45) is 3.96. The number of nitrogens with two attached hydrogens (primary N) is 1. The highest BCUT2D eigenvalue weighted by Crippen LogP contribution is 2.31. The van der Waals surface area contributed by atoms with Gasteiger partial charge < -0.3 is 11.1 Å². The van der Waals surface area contributed by atoms with Gasteiger partial charge >= 0.3 is 0 Å². The Balaban J connectivity index is 2.09. The molecular weight excluding hydrogens is 267 g/mol. The summed E-state index contributed by atoms with van der Waals surface area (Å²) in [5, 5.41) is 3.06. The molecule has 0 aliphatic heterocycles. The lowest BCUT2D eigenvalue weighted by molar-refractivity contribution is -0.122. The smallest absolute Gasteiger partial charge is 0.227 e. The van der Waals surface area contributed by atoms with Crippen LogP contribution >= 0.6 is 11.6 Å². The summed E-state index contributed by atoms with van der Waals surface area (Å²) in [4.78, 5) is 12.3. The van der Waals surface area contributed by atoms with E-state index in [1.54, 1.807) is 0 Å². The Labute approximate surface area is 117 Å². The van der Waals surface area contributed by atoms with Crippen molar-refractivity contribution in [1.29, 1.82) is 0 Å². The van der Waals surface area contributed by atoms with E-state index >= 15 is 0 Å². The molecule has 2 atom stereocenters. The van der Waals surface area contributed by atoms with Crippen LogP contribution in [-0.2, 0) is 4.79 Å². The van der Waals surface area contributed by atoms with E-state index < -0.39 is 5.82 Å². The van der Waals surface area contributed by atoms with E-state index in [9.17, 15) is 9.18 Å². The molecule has 0 radical (unpaired) electrons. The van der Waals surface area contributed by atoms with Crippen molar-refractivity contribution >= 4 is 23.2 Å². The van der Waals surface area contributed by atoms with Crippen molar-refractivity contribution < 1.29 is 9.18 Å². The molecule has 104 valence electrons. The molecule has 0 spiro atoms. The molecule has 0 aromatic heterocycles. The van der Waals surface area contributed by atoms with Crippen molar-refractivity contribution in [3.63, 3.8) is 0 Å². The van der Waals surface area contributed by atoms with E-state index in [2.05, 4.69) is 5.32 Å². The van der Waals surface area contributed by atoms with Gasteiger partial charge in [-0.05, 0) is 43.5 Å². The molecule has 1 saturated carbocycles. The van der Waals surface area contributed by atoms with Crippen molar-refractivity contribution in [2.24, 2.45) is 17.6 Å². The maximum atomic E-state index is 13.2. The van der Waals surface area contributed by atoms with Gasteiger partial charge in [-0.1, -0.05) is 24.4 Å². The molecule has 1 aliphatic carbocycles. The monoisotopic (exact) mass is 284 g/mol. The maximum absolute atomic E-state index is 13.2. The predicted octanol–water partition coefficient (Wildman–Crippen LogP) is 3.18. The quantitative estimate of drug-likeness (QED) is 0.896. The van der Waals surface area contributed by atoms with Gasteiger partial charge in [0.2, 0.25) is 5.91 Å². The summed E-state index contributed by atoms with van der Waals surface area (Å²) in [6, 6.07) is 3.94. The van der Waals surface area contributed by atoms with Crippen molar-refractivity contribution in [1.82, 2.24) is 0 Å². The average molecular weight is 285 g/mol. The number of nitrogens with one attached hydrogen (secondary N) is 1. The molecule has 5 heteroatoms. The molecule has 1 aromatic carbocycles. The summed E-state index contributed by atoms with van der Waals surface area (Å²) >= 11 is 5.94. The Morgan fingerprint density at radius 3 is 2.89 bits per heavy atom. The van der Waals surface area contributed by atoms with Crippen LogP contribution in [0, 0.1) is 17.7 Å². The maximum Gasteiger partial charge on any atom is 0.227 e. The number of hydrogen-bond acceptors (Lipinski definition) is 2. The standard InChI is InChI=1S/C14H18ClFN2O/c15-12-6-5-10(16)7-13(12)18-14(19)11-4-2-1-3-9(11)8-17/h5-7,9,11H,1-4,8,17H2,(H,18,19). The molecule has 3 nitrogen and oxygen atoms in total. The lowest BCUT2D eigenvalue weighted by Crippen LogP contribution is -2.35. The fourth-order valence-electron chi connectivity index (χ4n) is 2.65. The van der Waals surface area contributed by atoms with Gasteiger partial charge in [0.25, 0.3) is 0 Å². The van der Waals surface area contributed by atoms with Crippen LogP contribution in [0.1, 0.15) is 25.7 Å². The number of carbonyl (C=O) groups excluding carboxylic acids is 1. The Morgan fingerprint density at radius 1 is 1.42 bits per heavy atom. The first kappa shape index (κ1) is 14.3. The first-order chi connectivity index (χ1) is 9.11. The largest absolute Gasteiger partial charge is 0.330 e. The normalized spacial score (nSPS) is 23.1. The second-order valence-corrected chi connectivity index (χ2v) is 5.41.